The summed E-state index contributed by atoms with van der Waals surface area (Å²) in [7, 11) is 0. The van der Waals surface area contributed by atoms with E-state index in [9.17, 15) is 23.1 Å². The fourth-order valence-corrected chi connectivity index (χ4v) is 2.22. The molecule has 13 heteroatoms. The van der Waals surface area contributed by atoms with E-state index in [0.717, 1.165) is 10.7 Å². The van der Waals surface area contributed by atoms with Crippen LogP contribution in [0.4, 0.5) is 13.2 Å². The average molecular weight is 374 g/mol. The average Bonchev–Trinajstić information content (AvgIpc) is 3.14. The molecule has 0 spiro atoms. The predicted octanol–water partition coefficient (Wildman–Crippen LogP) is 1.67. The van der Waals surface area contributed by atoms with Gasteiger partial charge in [-0.1, -0.05) is 11.6 Å². The lowest BCUT2D eigenvalue weighted by atomic mass is 10.3. The minimum Gasteiger partial charge on any atom is -0.477 e. The van der Waals surface area contributed by atoms with E-state index in [1.165, 1.54) is 18.3 Å². The Balaban J connectivity index is 2.03. The highest BCUT2D eigenvalue weighted by Gasteiger charge is 2.38. The maximum Gasteiger partial charge on any atom is 0.453 e. The molecule has 0 aliphatic carbocycles. The summed E-state index contributed by atoms with van der Waals surface area (Å²) in [5.74, 6) is -2.65. The third kappa shape index (κ3) is 3.28. The van der Waals surface area contributed by atoms with Crippen molar-refractivity contribution in [2.24, 2.45) is 0 Å². The Hall–Kier alpha value is -3.02. The molecule has 130 valence electrons. The van der Waals surface area contributed by atoms with Crippen molar-refractivity contribution in [1.29, 1.82) is 0 Å². The Bertz CT molecular complexity index is 937. The predicted molar refractivity (Wildman–Crippen MR) is 75.2 cm³/mol. The summed E-state index contributed by atoms with van der Waals surface area (Å²) in [6, 6.07) is 4.10. The highest BCUT2D eigenvalue weighted by molar-refractivity contribution is 6.32. The Kier molecular flexibility index (Phi) is 4.12. The molecule has 25 heavy (non-hydrogen) atoms. The zero-order valence-electron chi connectivity index (χ0n) is 12.0. The van der Waals surface area contributed by atoms with E-state index in [4.69, 9.17) is 11.6 Å². The van der Waals surface area contributed by atoms with E-state index < -0.39 is 24.5 Å². The number of carboxylic acid groups (broad SMARTS) is 1. The molecule has 0 aliphatic heterocycles. The maximum atomic E-state index is 12.8. The zero-order chi connectivity index (χ0) is 18.2. The first-order chi connectivity index (χ1) is 11.8. The van der Waals surface area contributed by atoms with Crippen LogP contribution in [0.1, 0.15) is 22.0 Å². The Morgan fingerprint density at radius 2 is 2.12 bits per heavy atom. The number of nitrogens with zero attached hydrogens (tertiary/aromatic N) is 7. The number of alkyl halides is 3. The lowest BCUT2D eigenvalue weighted by Crippen LogP contribution is -2.17. The Morgan fingerprint density at radius 3 is 2.76 bits per heavy atom. The van der Waals surface area contributed by atoms with Crippen LogP contribution in [0.3, 0.4) is 0 Å². The molecule has 0 saturated carbocycles. The fourth-order valence-electron chi connectivity index (χ4n) is 2.02. The number of carboxylic acids is 1. The van der Waals surface area contributed by atoms with Crippen LogP contribution in [0, 0.1) is 0 Å². The van der Waals surface area contributed by atoms with Gasteiger partial charge in [-0.2, -0.15) is 18.3 Å². The number of pyridine rings is 1. The molecule has 3 rings (SSSR count). The number of halogens is 4. The summed E-state index contributed by atoms with van der Waals surface area (Å²) in [5, 5.41) is 22.5. The van der Waals surface area contributed by atoms with Crippen LogP contribution >= 0.6 is 11.6 Å². The SMILES string of the molecule is O=C(O)c1cc(Cn2nnnc2C(F)(F)F)nn1-c1ncccc1Cl. The van der Waals surface area contributed by atoms with Gasteiger partial charge in [0, 0.05) is 6.20 Å². The molecule has 3 aromatic rings. The van der Waals surface area contributed by atoms with Crippen molar-refractivity contribution in [3.05, 3.63) is 46.6 Å². The van der Waals surface area contributed by atoms with E-state index in [1.807, 2.05) is 0 Å². The van der Waals surface area contributed by atoms with Gasteiger partial charge in [0.25, 0.3) is 5.82 Å². The van der Waals surface area contributed by atoms with Gasteiger partial charge >= 0.3 is 12.1 Å². The smallest absolute Gasteiger partial charge is 0.453 e. The first-order valence-corrected chi connectivity index (χ1v) is 6.91. The van der Waals surface area contributed by atoms with E-state index in [0.29, 0.717) is 4.68 Å². The van der Waals surface area contributed by atoms with Gasteiger partial charge in [0.05, 0.1) is 17.3 Å². The van der Waals surface area contributed by atoms with Crippen LogP contribution in [-0.4, -0.2) is 46.0 Å². The molecule has 9 nitrogen and oxygen atoms in total. The maximum absolute atomic E-state index is 12.8. The number of hydrogen-bond acceptors (Lipinski definition) is 6. The molecule has 0 unspecified atom stereocenters. The molecule has 0 atom stereocenters. The van der Waals surface area contributed by atoms with Gasteiger partial charge in [0.2, 0.25) is 0 Å². The second-order valence-electron chi connectivity index (χ2n) is 4.70. The first-order valence-electron chi connectivity index (χ1n) is 6.54. The minimum atomic E-state index is -4.76. The van der Waals surface area contributed by atoms with Crippen LogP contribution in [0.2, 0.25) is 5.02 Å². The molecule has 3 aromatic heterocycles. The molecule has 3 heterocycles. The number of tetrazole rings is 1. The molecular formula is C12H7ClF3N7O2. The quantitative estimate of drug-likeness (QED) is 0.740. The van der Waals surface area contributed by atoms with E-state index in [1.54, 1.807) is 0 Å². The Labute approximate surface area is 141 Å². The molecule has 0 fully saturated rings. The highest BCUT2D eigenvalue weighted by Crippen LogP contribution is 2.27. The van der Waals surface area contributed by atoms with Crippen LogP contribution in [0.25, 0.3) is 5.82 Å². The molecule has 0 radical (unpaired) electrons. The number of hydrogen-bond donors (Lipinski definition) is 1. The van der Waals surface area contributed by atoms with Crippen molar-refractivity contribution in [3.63, 3.8) is 0 Å². The number of aromatic carboxylic acids is 1. The van der Waals surface area contributed by atoms with Gasteiger partial charge in [-0.3, -0.25) is 0 Å². The van der Waals surface area contributed by atoms with Crippen LogP contribution < -0.4 is 0 Å². The first kappa shape index (κ1) is 16.8. The molecule has 0 amide bonds. The summed E-state index contributed by atoms with van der Waals surface area (Å²) >= 11 is 5.97. The largest absolute Gasteiger partial charge is 0.477 e. The topological polar surface area (TPSA) is 112 Å². The molecule has 0 aromatic carbocycles. The molecule has 0 saturated heterocycles. The summed E-state index contributed by atoms with van der Waals surface area (Å²) in [5.41, 5.74) is -0.339. The summed E-state index contributed by atoms with van der Waals surface area (Å²) in [6.45, 7) is -0.487. The van der Waals surface area contributed by atoms with Crippen molar-refractivity contribution < 1.29 is 23.1 Å². The number of aromatic nitrogens is 7. The van der Waals surface area contributed by atoms with Crippen molar-refractivity contribution in [1.82, 2.24) is 35.0 Å². The lowest BCUT2D eigenvalue weighted by Gasteiger charge is -2.06. The van der Waals surface area contributed by atoms with Gasteiger partial charge < -0.3 is 5.11 Å². The Morgan fingerprint density at radius 1 is 1.36 bits per heavy atom. The zero-order valence-corrected chi connectivity index (χ0v) is 12.8. The lowest BCUT2D eigenvalue weighted by molar-refractivity contribution is -0.147. The van der Waals surface area contributed by atoms with Gasteiger partial charge in [-0.15, -0.1) is 5.10 Å². The number of carbonyl (C=O) groups is 1. The third-order valence-corrected chi connectivity index (χ3v) is 3.31. The number of rotatable bonds is 4. The van der Waals surface area contributed by atoms with E-state index in [-0.39, 0.29) is 22.2 Å². The normalized spacial score (nSPS) is 11.7. The minimum absolute atomic E-state index is 0.0167. The van der Waals surface area contributed by atoms with Crippen molar-refractivity contribution in [2.45, 2.75) is 12.7 Å². The molecule has 0 bridgehead atoms. The van der Waals surface area contributed by atoms with Gasteiger partial charge in [-0.05, 0) is 28.6 Å². The molecular weight excluding hydrogens is 367 g/mol. The van der Waals surface area contributed by atoms with Gasteiger partial charge in [0.15, 0.2) is 11.5 Å². The van der Waals surface area contributed by atoms with Crippen LogP contribution in [0.5, 0.6) is 0 Å². The van der Waals surface area contributed by atoms with E-state index >= 15 is 0 Å². The van der Waals surface area contributed by atoms with Crippen molar-refractivity contribution in [3.8, 4) is 5.82 Å². The molecule has 1 N–H and O–H groups in total. The fraction of sp³-hybridized carbons (Fsp3) is 0.167. The summed E-state index contributed by atoms with van der Waals surface area (Å²) < 4.78 is 39.8. The van der Waals surface area contributed by atoms with Crippen LogP contribution in [-0.2, 0) is 12.7 Å². The van der Waals surface area contributed by atoms with E-state index in [2.05, 4.69) is 25.6 Å². The third-order valence-electron chi connectivity index (χ3n) is 3.02. The van der Waals surface area contributed by atoms with Gasteiger partial charge in [-0.25, -0.2) is 19.1 Å². The van der Waals surface area contributed by atoms with Crippen LogP contribution in [0.15, 0.2) is 24.4 Å². The standard InChI is InChI=1S/C12H7ClF3N7O2/c13-7-2-1-3-17-9(7)23-8(10(24)25)4-6(19-23)5-22-11(12(14,15)16)18-20-21-22/h1-4H,5H2,(H,24,25). The second-order valence-corrected chi connectivity index (χ2v) is 5.11. The highest BCUT2D eigenvalue weighted by atomic mass is 35.5. The summed E-state index contributed by atoms with van der Waals surface area (Å²) in [4.78, 5) is 15.3. The van der Waals surface area contributed by atoms with Crippen molar-refractivity contribution in [2.75, 3.05) is 0 Å². The monoisotopic (exact) mass is 373 g/mol. The van der Waals surface area contributed by atoms with Crippen molar-refractivity contribution >= 4 is 17.6 Å². The second kappa shape index (κ2) is 6.12. The summed E-state index contributed by atoms with van der Waals surface area (Å²) in [6.07, 6.45) is -3.39. The van der Waals surface area contributed by atoms with Gasteiger partial charge in [0.1, 0.15) is 0 Å². The molecule has 0 aliphatic rings.